The van der Waals surface area contributed by atoms with Gasteiger partial charge in [0.15, 0.2) is 0 Å². The molecule has 0 aliphatic carbocycles. The zero-order valence-electron chi connectivity index (χ0n) is 12.5. The maximum absolute atomic E-state index is 6.13. The molecule has 0 radical (unpaired) electrons. The number of nitrogens with two attached hydrogens (primary N) is 1. The maximum atomic E-state index is 6.13. The molecule has 0 aliphatic rings. The molecule has 0 saturated carbocycles. The number of methoxy groups -OCH3 is 1. The van der Waals surface area contributed by atoms with Gasteiger partial charge >= 0.3 is 0 Å². The van der Waals surface area contributed by atoms with Gasteiger partial charge in [0.25, 0.3) is 0 Å². The van der Waals surface area contributed by atoms with Gasteiger partial charge in [-0.05, 0) is 43.7 Å². The van der Waals surface area contributed by atoms with Crippen LogP contribution < -0.4 is 15.2 Å². The monoisotopic (exact) mass is 305 g/mol. The van der Waals surface area contributed by atoms with E-state index in [2.05, 4.69) is 0 Å². The van der Waals surface area contributed by atoms with Crippen LogP contribution in [0, 0.1) is 6.92 Å². The summed E-state index contributed by atoms with van der Waals surface area (Å²) in [6, 6.07) is 13.1. The van der Waals surface area contributed by atoms with Crippen LogP contribution in [0.1, 0.15) is 24.2 Å². The molecule has 0 saturated heterocycles. The minimum absolute atomic E-state index is 0.184. The first kappa shape index (κ1) is 15.7. The van der Waals surface area contributed by atoms with Crippen molar-refractivity contribution in [2.75, 3.05) is 7.11 Å². The largest absolute Gasteiger partial charge is 0.496 e. The van der Waals surface area contributed by atoms with Gasteiger partial charge in [0.1, 0.15) is 17.6 Å². The van der Waals surface area contributed by atoms with Crippen molar-refractivity contribution in [1.29, 1.82) is 0 Å². The van der Waals surface area contributed by atoms with Crippen LogP contribution in [-0.4, -0.2) is 13.2 Å². The Hall–Kier alpha value is -1.71. The smallest absolute Gasteiger partial charge is 0.142 e. The lowest BCUT2D eigenvalue weighted by Gasteiger charge is -2.25. The highest BCUT2D eigenvalue weighted by Gasteiger charge is 2.22. The Kier molecular flexibility index (Phi) is 5.10. The molecule has 0 amide bonds. The first-order valence-electron chi connectivity index (χ1n) is 6.84. The first-order valence-corrected chi connectivity index (χ1v) is 7.22. The van der Waals surface area contributed by atoms with Crippen molar-refractivity contribution < 1.29 is 9.47 Å². The third kappa shape index (κ3) is 3.69. The highest BCUT2D eigenvalue weighted by Crippen LogP contribution is 2.32. The molecule has 4 heteroatoms. The second-order valence-electron chi connectivity index (χ2n) is 5.05. The number of hydrogen-bond acceptors (Lipinski definition) is 3. The van der Waals surface area contributed by atoms with Gasteiger partial charge in [-0.25, -0.2) is 0 Å². The van der Waals surface area contributed by atoms with Gasteiger partial charge in [0.2, 0.25) is 0 Å². The van der Waals surface area contributed by atoms with Crippen molar-refractivity contribution in [1.82, 2.24) is 0 Å². The topological polar surface area (TPSA) is 44.5 Å². The van der Waals surface area contributed by atoms with Crippen molar-refractivity contribution in [3.8, 4) is 11.5 Å². The van der Waals surface area contributed by atoms with Crippen LogP contribution in [-0.2, 0) is 0 Å². The molecule has 2 rings (SSSR count). The average Bonchev–Trinajstić information content (AvgIpc) is 2.46. The molecule has 112 valence electrons. The van der Waals surface area contributed by atoms with Crippen LogP contribution in [0.5, 0.6) is 11.5 Å². The molecule has 0 spiro atoms. The number of halogens is 1. The van der Waals surface area contributed by atoms with Crippen molar-refractivity contribution >= 4 is 11.6 Å². The summed E-state index contributed by atoms with van der Waals surface area (Å²) in [7, 11) is 1.64. The summed E-state index contributed by atoms with van der Waals surface area (Å²) in [4.78, 5) is 0. The van der Waals surface area contributed by atoms with Gasteiger partial charge in [-0.1, -0.05) is 29.8 Å². The molecule has 0 fully saturated rings. The van der Waals surface area contributed by atoms with Gasteiger partial charge in [0, 0.05) is 16.6 Å². The van der Waals surface area contributed by atoms with Crippen molar-refractivity contribution in [2.45, 2.75) is 26.0 Å². The van der Waals surface area contributed by atoms with Crippen LogP contribution in [0.3, 0.4) is 0 Å². The molecule has 2 aromatic rings. The summed E-state index contributed by atoms with van der Waals surface area (Å²) in [6.07, 6.45) is -0.291. The van der Waals surface area contributed by atoms with E-state index in [1.165, 1.54) is 0 Å². The minimum Gasteiger partial charge on any atom is -0.496 e. The number of aryl methyl sites for hydroxylation is 1. The molecule has 0 bridgehead atoms. The van der Waals surface area contributed by atoms with Crippen LogP contribution >= 0.6 is 11.6 Å². The van der Waals surface area contributed by atoms with E-state index >= 15 is 0 Å². The Morgan fingerprint density at radius 3 is 2.43 bits per heavy atom. The Bertz CT molecular complexity index is 613. The van der Waals surface area contributed by atoms with Crippen LogP contribution in [0.25, 0.3) is 0 Å². The number of ether oxygens (including phenoxy) is 2. The van der Waals surface area contributed by atoms with Gasteiger partial charge in [-0.3, -0.25) is 0 Å². The number of hydrogen-bond donors (Lipinski definition) is 1. The van der Waals surface area contributed by atoms with E-state index < -0.39 is 0 Å². The summed E-state index contributed by atoms with van der Waals surface area (Å²) >= 11 is 5.98. The highest BCUT2D eigenvalue weighted by molar-refractivity contribution is 6.30. The van der Waals surface area contributed by atoms with Crippen LogP contribution in [0.15, 0.2) is 42.5 Å². The predicted molar refractivity (Wildman–Crippen MR) is 86.2 cm³/mol. The lowest BCUT2D eigenvalue weighted by Crippen LogP contribution is -2.29. The molecular weight excluding hydrogens is 286 g/mol. The molecule has 2 N–H and O–H groups in total. The zero-order valence-corrected chi connectivity index (χ0v) is 13.2. The second-order valence-corrected chi connectivity index (χ2v) is 5.49. The Morgan fingerprint density at radius 2 is 1.81 bits per heavy atom. The average molecular weight is 306 g/mol. The molecule has 2 unspecified atom stereocenters. The van der Waals surface area contributed by atoms with Crippen LogP contribution in [0.4, 0.5) is 0 Å². The van der Waals surface area contributed by atoms with Gasteiger partial charge in [0.05, 0.1) is 7.11 Å². The van der Waals surface area contributed by atoms with E-state index in [0.717, 1.165) is 22.6 Å². The SMILES string of the molecule is COc1ccccc1C(Oc1ccc(Cl)cc1C)C(C)N. The van der Waals surface area contributed by atoms with Gasteiger partial charge in [-0.2, -0.15) is 0 Å². The fraction of sp³-hybridized carbons (Fsp3) is 0.294. The Balaban J connectivity index is 2.36. The molecule has 0 aliphatic heterocycles. The maximum Gasteiger partial charge on any atom is 0.142 e. The molecule has 2 atom stereocenters. The summed E-state index contributed by atoms with van der Waals surface area (Å²) < 4.78 is 11.5. The zero-order chi connectivity index (χ0) is 15.4. The summed E-state index contributed by atoms with van der Waals surface area (Å²) in [5.41, 5.74) is 8.02. The lowest BCUT2D eigenvalue weighted by molar-refractivity contribution is 0.175. The quantitative estimate of drug-likeness (QED) is 0.903. The highest BCUT2D eigenvalue weighted by atomic mass is 35.5. The van der Waals surface area contributed by atoms with Crippen LogP contribution in [0.2, 0.25) is 5.02 Å². The Morgan fingerprint density at radius 1 is 1.10 bits per heavy atom. The van der Waals surface area contributed by atoms with E-state index in [1.54, 1.807) is 7.11 Å². The Labute approximate surface area is 130 Å². The summed E-state index contributed by atoms with van der Waals surface area (Å²) in [5.74, 6) is 1.54. The number of para-hydroxylation sites is 1. The third-order valence-electron chi connectivity index (χ3n) is 3.31. The molecule has 3 nitrogen and oxygen atoms in total. The predicted octanol–water partition coefficient (Wildman–Crippen LogP) is 4.12. The van der Waals surface area contributed by atoms with Crippen molar-refractivity contribution in [3.05, 3.63) is 58.6 Å². The normalized spacial score (nSPS) is 13.6. The van der Waals surface area contributed by atoms with Crippen molar-refractivity contribution in [3.63, 3.8) is 0 Å². The number of benzene rings is 2. The van der Waals surface area contributed by atoms with E-state index in [4.69, 9.17) is 26.8 Å². The van der Waals surface area contributed by atoms with Crippen molar-refractivity contribution in [2.24, 2.45) is 5.73 Å². The molecule has 21 heavy (non-hydrogen) atoms. The molecular formula is C17H20ClNO2. The van der Waals surface area contributed by atoms with E-state index in [0.29, 0.717) is 5.02 Å². The summed E-state index contributed by atoms with van der Waals surface area (Å²) in [6.45, 7) is 3.88. The van der Waals surface area contributed by atoms with Gasteiger partial charge in [-0.15, -0.1) is 0 Å². The van der Waals surface area contributed by atoms with Gasteiger partial charge < -0.3 is 15.2 Å². The molecule has 2 aromatic carbocycles. The third-order valence-corrected chi connectivity index (χ3v) is 3.55. The number of rotatable bonds is 5. The van der Waals surface area contributed by atoms with E-state index in [9.17, 15) is 0 Å². The fourth-order valence-corrected chi connectivity index (χ4v) is 2.46. The molecule has 0 aromatic heterocycles. The van der Waals surface area contributed by atoms with E-state index in [-0.39, 0.29) is 12.1 Å². The first-order chi connectivity index (χ1) is 10.0. The summed E-state index contributed by atoms with van der Waals surface area (Å²) in [5, 5.41) is 0.689. The second kappa shape index (κ2) is 6.83. The minimum atomic E-state index is -0.291. The lowest BCUT2D eigenvalue weighted by atomic mass is 10.0. The fourth-order valence-electron chi connectivity index (χ4n) is 2.24. The van der Waals surface area contributed by atoms with E-state index in [1.807, 2.05) is 56.3 Å². The standard InChI is InChI=1S/C17H20ClNO2/c1-11-10-13(18)8-9-15(11)21-17(12(2)19)14-6-4-5-7-16(14)20-3/h4-10,12,17H,19H2,1-3H3. The molecule has 0 heterocycles.